The summed E-state index contributed by atoms with van der Waals surface area (Å²) in [6.45, 7) is 4.11. The van der Waals surface area contributed by atoms with Crippen molar-refractivity contribution in [2.45, 2.75) is 61.7 Å². The molecule has 3 rings (SSSR count). The third-order valence-corrected chi connectivity index (χ3v) is 7.05. The Morgan fingerprint density at radius 1 is 1.24 bits per heavy atom. The Morgan fingerprint density at radius 2 is 1.95 bits per heavy atom. The van der Waals surface area contributed by atoms with Crippen LogP contribution in [-0.4, -0.2) is 21.7 Å². The highest BCUT2D eigenvalue weighted by Crippen LogP contribution is 2.56. The van der Waals surface area contributed by atoms with Crippen molar-refractivity contribution in [1.82, 2.24) is 0 Å². The molecule has 1 N–H and O–H groups in total. The van der Waals surface area contributed by atoms with Crippen molar-refractivity contribution in [2.75, 3.05) is 0 Å². The molecule has 0 amide bonds. The highest BCUT2D eigenvalue weighted by molar-refractivity contribution is 8.00. The number of carbonyl (C=O) groups is 1. The summed E-state index contributed by atoms with van der Waals surface area (Å²) in [5, 5.41) is 11.7. The number of Topliss-reactive ketones (excluding diaryl/α,β-unsaturated/α-hetero) is 1. The van der Waals surface area contributed by atoms with E-state index in [1.54, 1.807) is 0 Å². The largest absolute Gasteiger partial charge is 0.389 e. The van der Waals surface area contributed by atoms with E-state index in [1.165, 1.54) is 4.90 Å². The zero-order chi connectivity index (χ0) is 15.1. The summed E-state index contributed by atoms with van der Waals surface area (Å²) in [5.41, 5.74) is -0.916. The first-order valence-electron chi connectivity index (χ1n) is 7.91. The molecule has 0 aromatic heterocycles. The van der Waals surface area contributed by atoms with Crippen LogP contribution in [0.15, 0.2) is 35.2 Å². The molecule has 0 aliphatic heterocycles. The van der Waals surface area contributed by atoms with Gasteiger partial charge >= 0.3 is 0 Å². The van der Waals surface area contributed by atoms with E-state index >= 15 is 0 Å². The van der Waals surface area contributed by atoms with E-state index in [4.69, 9.17) is 0 Å². The van der Waals surface area contributed by atoms with Crippen LogP contribution < -0.4 is 0 Å². The van der Waals surface area contributed by atoms with Crippen molar-refractivity contribution in [1.29, 1.82) is 0 Å². The van der Waals surface area contributed by atoms with E-state index in [0.717, 1.165) is 25.7 Å². The van der Waals surface area contributed by atoms with Gasteiger partial charge in [0.25, 0.3) is 0 Å². The number of fused-ring (bicyclic) bond motifs is 1. The standard InChI is InChI=1S/C18H24O2S/c1-13-16(19)9-11-17(2)10-8-15(12-18(13,17)20)21-14-6-4-3-5-7-14/h3-7,13,15,20H,8-12H2,1-2H3/t13-,15?,17+,18+/m0/s1. The minimum Gasteiger partial charge on any atom is -0.389 e. The van der Waals surface area contributed by atoms with Gasteiger partial charge in [-0.05, 0) is 43.2 Å². The normalized spacial score (nSPS) is 39.9. The van der Waals surface area contributed by atoms with Crippen molar-refractivity contribution < 1.29 is 9.90 Å². The molecule has 0 radical (unpaired) electrons. The monoisotopic (exact) mass is 304 g/mol. The van der Waals surface area contributed by atoms with Gasteiger partial charge in [-0.2, -0.15) is 0 Å². The van der Waals surface area contributed by atoms with E-state index in [0.29, 0.717) is 11.7 Å². The van der Waals surface area contributed by atoms with E-state index in [2.05, 4.69) is 31.2 Å². The Bertz CT molecular complexity index is 529. The van der Waals surface area contributed by atoms with Gasteiger partial charge in [-0.1, -0.05) is 32.0 Å². The highest BCUT2D eigenvalue weighted by atomic mass is 32.2. The molecule has 0 heterocycles. The lowest BCUT2D eigenvalue weighted by atomic mass is 9.53. The Labute approximate surface area is 131 Å². The first-order valence-corrected chi connectivity index (χ1v) is 8.79. The quantitative estimate of drug-likeness (QED) is 0.895. The van der Waals surface area contributed by atoms with E-state index in [1.807, 2.05) is 24.8 Å². The van der Waals surface area contributed by atoms with Crippen LogP contribution in [0.4, 0.5) is 0 Å². The average molecular weight is 304 g/mol. The number of hydrogen-bond donors (Lipinski definition) is 1. The van der Waals surface area contributed by atoms with Crippen molar-refractivity contribution in [3.05, 3.63) is 30.3 Å². The minimum atomic E-state index is -0.826. The second kappa shape index (κ2) is 5.44. The number of ketones is 1. The fraction of sp³-hybridized carbons (Fsp3) is 0.611. The zero-order valence-corrected chi connectivity index (χ0v) is 13.7. The molecule has 2 aliphatic carbocycles. The van der Waals surface area contributed by atoms with Crippen molar-refractivity contribution in [2.24, 2.45) is 11.3 Å². The van der Waals surface area contributed by atoms with Gasteiger partial charge < -0.3 is 5.11 Å². The second-order valence-electron chi connectivity index (χ2n) is 6.97. The van der Waals surface area contributed by atoms with Crippen molar-refractivity contribution in [3.63, 3.8) is 0 Å². The Hall–Kier alpha value is -0.800. The van der Waals surface area contributed by atoms with Crippen LogP contribution in [0.5, 0.6) is 0 Å². The van der Waals surface area contributed by atoms with Gasteiger partial charge in [0.2, 0.25) is 0 Å². The molecule has 3 heteroatoms. The maximum absolute atomic E-state index is 12.1. The first-order chi connectivity index (χ1) is 9.95. The summed E-state index contributed by atoms with van der Waals surface area (Å²) in [5.74, 6) is 0.00996. The van der Waals surface area contributed by atoms with Crippen LogP contribution >= 0.6 is 11.8 Å². The summed E-state index contributed by atoms with van der Waals surface area (Å²) in [7, 11) is 0. The number of aliphatic hydroxyl groups is 1. The second-order valence-corrected chi connectivity index (χ2v) is 8.34. The van der Waals surface area contributed by atoms with Crippen LogP contribution in [0, 0.1) is 11.3 Å². The Balaban J connectivity index is 1.79. The van der Waals surface area contributed by atoms with Crippen LogP contribution in [0.3, 0.4) is 0 Å². The van der Waals surface area contributed by atoms with E-state index in [9.17, 15) is 9.90 Å². The number of carbonyl (C=O) groups excluding carboxylic acids is 1. The molecule has 0 bridgehead atoms. The van der Waals surface area contributed by atoms with Crippen LogP contribution in [0.25, 0.3) is 0 Å². The lowest BCUT2D eigenvalue weighted by Gasteiger charge is -2.56. The van der Waals surface area contributed by atoms with Gasteiger partial charge in [0.05, 0.1) is 5.60 Å². The third-order valence-electron chi connectivity index (χ3n) is 5.77. The molecular formula is C18H24O2S. The van der Waals surface area contributed by atoms with Gasteiger partial charge in [-0.25, -0.2) is 0 Å². The molecule has 0 spiro atoms. The number of hydrogen-bond acceptors (Lipinski definition) is 3. The summed E-state index contributed by atoms with van der Waals surface area (Å²) in [6, 6.07) is 10.4. The zero-order valence-electron chi connectivity index (χ0n) is 12.8. The van der Waals surface area contributed by atoms with Gasteiger partial charge in [-0.15, -0.1) is 11.8 Å². The lowest BCUT2D eigenvalue weighted by Crippen LogP contribution is -2.60. The van der Waals surface area contributed by atoms with E-state index in [-0.39, 0.29) is 17.1 Å². The van der Waals surface area contributed by atoms with Crippen LogP contribution in [0.1, 0.15) is 46.0 Å². The first kappa shape index (κ1) is 15.1. The lowest BCUT2D eigenvalue weighted by molar-refractivity contribution is -0.174. The topological polar surface area (TPSA) is 37.3 Å². The Morgan fingerprint density at radius 3 is 2.67 bits per heavy atom. The molecule has 114 valence electrons. The maximum Gasteiger partial charge on any atom is 0.138 e. The molecule has 2 saturated carbocycles. The summed E-state index contributed by atoms with van der Waals surface area (Å²) < 4.78 is 0. The van der Waals surface area contributed by atoms with Crippen molar-refractivity contribution in [3.8, 4) is 0 Å². The molecule has 0 saturated heterocycles. The molecule has 21 heavy (non-hydrogen) atoms. The summed E-state index contributed by atoms with van der Waals surface area (Å²) >= 11 is 1.85. The molecule has 2 aliphatic rings. The predicted molar refractivity (Wildman–Crippen MR) is 86.4 cm³/mol. The Kier molecular flexibility index (Phi) is 3.91. The summed E-state index contributed by atoms with van der Waals surface area (Å²) in [6.07, 6.45) is 4.35. The van der Waals surface area contributed by atoms with E-state index < -0.39 is 5.60 Å². The molecule has 1 aromatic rings. The number of benzene rings is 1. The number of rotatable bonds is 2. The van der Waals surface area contributed by atoms with Crippen LogP contribution in [0.2, 0.25) is 0 Å². The maximum atomic E-state index is 12.1. The predicted octanol–water partition coefficient (Wildman–Crippen LogP) is 4.07. The SMILES string of the molecule is C[C@H]1C(=O)CC[C@@]2(C)CCC(Sc3ccccc3)C[C@@]12O. The van der Waals surface area contributed by atoms with Gasteiger partial charge in [-0.3, -0.25) is 4.79 Å². The fourth-order valence-corrected chi connectivity index (χ4v) is 5.38. The van der Waals surface area contributed by atoms with Gasteiger partial charge in [0, 0.05) is 22.5 Å². The highest BCUT2D eigenvalue weighted by Gasteiger charge is 2.57. The fourth-order valence-electron chi connectivity index (χ4n) is 4.11. The van der Waals surface area contributed by atoms with Gasteiger partial charge in [0.15, 0.2) is 0 Å². The average Bonchev–Trinajstić information content (AvgIpc) is 2.48. The number of thioether (sulfide) groups is 1. The smallest absolute Gasteiger partial charge is 0.138 e. The molecule has 2 nitrogen and oxygen atoms in total. The van der Waals surface area contributed by atoms with Crippen molar-refractivity contribution >= 4 is 17.5 Å². The van der Waals surface area contributed by atoms with Crippen LogP contribution in [-0.2, 0) is 4.79 Å². The molecular weight excluding hydrogens is 280 g/mol. The van der Waals surface area contributed by atoms with Gasteiger partial charge in [0.1, 0.15) is 5.78 Å². The molecule has 4 atom stereocenters. The molecule has 1 aromatic carbocycles. The summed E-state index contributed by atoms with van der Waals surface area (Å²) in [4.78, 5) is 13.3. The minimum absolute atomic E-state index is 0.0892. The molecule has 1 unspecified atom stereocenters. The molecule has 2 fully saturated rings. The third kappa shape index (κ3) is 2.55.